The van der Waals surface area contributed by atoms with Crippen LogP contribution >= 0.6 is 0 Å². The van der Waals surface area contributed by atoms with E-state index >= 15 is 0 Å². The number of methoxy groups -OCH3 is 1. The van der Waals surface area contributed by atoms with Crippen molar-refractivity contribution in [3.8, 4) is 0 Å². The Bertz CT molecular complexity index is 1740. The molecule has 0 aliphatic rings. The van der Waals surface area contributed by atoms with Crippen molar-refractivity contribution < 1.29 is 38.2 Å². The predicted octanol–water partition coefficient (Wildman–Crippen LogP) is 2.52. The standard InChI is InChI=1S/C40H55N7O8/c1-25(2)19-30(36(50)45-33(38(52)54-8)21-28-17-13-10-14-18-28)43-34(48)26(3)42-35(49)31(20-27-15-11-9-12-16-27)44-37(51)32(22-29-23-41-24-47(29)7)46-39(53)55-40(4,5)6/h9-18,23-26,30-33H,19-22H2,1-8H3,(H,42,49)(H,43,48)(H,44,51)(H,45,50)(H,46,53)/t26-,30+,31+,32+,33+/m1/s1. The van der Waals surface area contributed by atoms with Crippen molar-refractivity contribution in [2.45, 2.75) is 103 Å². The smallest absolute Gasteiger partial charge is 0.408 e. The van der Waals surface area contributed by atoms with Gasteiger partial charge >= 0.3 is 12.1 Å². The minimum atomic E-state index is -1.17. The molecule has 0 saturated heterocycles. The van der Waals surface area contributed by atoms with Crippen LogP contribution in [0, 0.1) is 5.92 Å². The number of nitrogens with zero attached hydrogens (tertiary/aromatic N) is 2. The zero-order valence-corrected chi connectivity index (χ0v) is 32.9. The van der Waals surface area contributed by atoms with Gasteiger partial charge in [-0.2, -0.15) is 0 Å². The fourth-order valence-corrected chi connectivity index (χ4v) is 5.62. The van der Waals surface area contributed by atoms with E-state index in [4.69, 9.17) is 9.47 Å². The number of imidazole rings is 1. The van der Waals surface area contributed by atoms with Crippen LogP contribution < -0.4 is 26.6 Å². The number of nitrogens with one attached hydrogen (secondary N) is 5. The van der Waals surface area contributed by atoms with Crippen LogP contribution in [0.5, 0.6) is 0 Å². The summed E-state index contributed by atoms with van der Waals surface area (Å²) in [6.07, 6.45) is 2.84. The molecule has 0 unspecified atom stereocenters. The number of esters is 1. The summed E-state index contributed by atoms with van der Waals surface area (Å²) in [6, 6.07) is 12.6. The molecule has 0 radical (unpaired) electrons. The van der Waals surface area contributed by atoms with E-state index in [9.17, 15) is 28.8 Å². The fraction of sp³-hybridized carbons (Fsp3) is 0.475. The largest absolute Gasteiger partial charge is 0.467 e. The van der Waals surface area contributed by atoms with E-state index in [0.717, 1.165) is 11.1 Å². The van der Waals surface area contributed by atoms with E-state index in [0.29, 0.717) is 5.69 Å². The lowest BCUT2D eigenvalue weighted by atomic mass is 10.0. The van der Waals surface area contributed by atoms with Crippen LogP contribution in [0.2, 0.25) is 0 Å². The first kappa shape index (κ1) is 43.7. The van der Waals surface area contributed by atoms with E-state index < -0.39 is 71.5 Å². The summed E-state index contributed by atoms with van der Waals surface area (Å²) in [7, 11) is 2.98. The molecule has 3 aromatic rings. The molecule has 298 valence electrons. The molecule has 55 heavy (non-hydrogen) atoms. The summed E-state index contributed by atoms with van der Waals surface area (Å²) in [6.45, 7) is 10.3. The Morgan fingerprint density at radius 3 is 1.67 bits per heavy atom. The van der Waals surface area contributed by atoms with Crippen LogP contribution in [0.25, 0.3) is 0 Å². The Hall–Kier alpha value is -5.73. The zero-order chi connectivity index (χ0) is 40.7. The number of carbonyl (C=O) groups is 6. The highest BCUT2D eigenvalue weighted by Crippen LogP contribution is 2.12. The van der Waals surface area contributed by atoms with E-state index in [1.807, 2.05) is 50.2 Å². The number of alkyl carbamates (subject to hydrolysis) is 1. The number of hydrogen-bond donors (Lipinski definition) is 5. The van der Waals surface area contributed by atoms with Gasteiger partial charge < -0.3 is 40.6 Å². The molecule has 0 aliphatic heterocycles. The molecule has 0 aliphatic carbocycles. The molecule has 5 N–H and O–H groups in total. The minimum Gasteiger partial charge on any atom is -0.467 e. The molecule has 15 heteroatoms. The molecule has 0 bridgehead atoms. The number of carbonyl (C=O) groups excluding carboxylic acids is 6. The van der Waals surface area contributed by atoms with Crippen molar-refractivity contribution in [2.24, 2.45) is 13.0 Å². The van der Waals surface area contributed by atoms with Gasteiger partial charge in [-0.05, 0) is 51.2 Å². The molecule has 1 aromatic heterocycles. The summed E-state index contributed by atoms with van der Waals surface area (Å²) < 4.78 is 12.0. The molecule has 1 heterocycles. The predicted molar refractivity (Wildman–Crippen MR) is 205 cm³/mol. The van der Waals surface area contributed by atoms with E-state index in [1.165, 1.54) is 14.0 Å². The summed E-state index contributed by atoms with van der Waals surface area (Å²) >= 11 is 0. The third-order valence-corrected chi connectivity index (χ3v) is 8.43. The molecule has 2 aromatic carbocycles. The second-order valence-corrected chi connectivity index (χ2v) is 14.8. The van der Waals surface area contributed by atoms with Crippen molar-refractivity contribution in [2.75, 3.05) is 7.11 Å². The molecule has 0 fully saturated rings. The van der Waals surface area contributed by atoms with Crippen molar-refractivity contribution >= 4 is 35.7 Å². The second-order valence-electron chi connectivity index (χ2n) is 14.8. The lowest BCUT2D eigenvalue weighted by molar-refractivity contribution is -0.145. The molecule has 3 rings (SSSR count). The van der Waals surface area contributed by atoms with Gasteiger partial charge in [0.05, 0.1) is 13.4 Å². The summed E-state index contributed by atoms with van der Waals surface area (Å²) in [5.41, 5.74) is 1.35. The van der Waals surface area contributed by atoms with Crippen LogP contribution in [0.1, 0.15) is 64.8 Å². The van der Waals surface area contributed by atoms with Gasteiger partial charge in [0.15, 0.2) is 0 Å². The monoisotopic (exact) mass is 761 g/mol. The lowest BCUT2D eigenvalue weighted by Crippen LogP contribution is -2.59. The van der Waals surface area contributed by atoms with Gasteiger partial charge in [-0.15, -0.1) is 0 Å². The summed E-state index contributed by atoms with van der Waals surface area (Å²) in [5, 5.41) is 13.5. The lowest BCUT2D eigenvalue weighted by Gasteiger charge is -2.27. The van der Waals surface area contributed by atoms with Crippen molar-refractivity contribution in [3.05, 3.63) is 90.0 Å². The van der Waals surface area contributed by atoms with Crippen molar-refractivity contribution in [3.63, 3.8) is 0 Å². The van der Waals surface area contributed by atoms with Crippen LogP contribution in [0.4, 0.5) is 4.79 Å². The first-order valence-corrected chi connectivity index (χ1v) is 18.3. The van der Waals surface area contributed by atoms with Gasteiger partial charge in [0.2, 0.25) is 23.6 Å². The summed E-state index contributed by atoms with van der Waals surface area (Å²) in [4.78, 5) is 84.3. The highest BCUT2D eigenvalue weighted by atomic mass is 16.6. The Kier molecular flexibility index (Phi) is 16.4. The number of hydrogen-bond acceptors (Lipinski definition) is 9. The third kappa shape index (κ3) is 14.9. The maximum atomic E-state index is 13.9. The summed E-state index contributed by atoms with van der Waals surface area (Å²) in [5.74, 6) is -3.23. The molecule has 5 atom stereocenters. The maximum Gasteiger partial charge on any atom is 0.408 e. The first-order valence-electron chi connectivity index (χ1n) is 18.3. The quantitative estimate of drug-likeness (QED) is 0.121. The maximum absolute atomic E-state index is 13.9. The van der Waals surface area contributed by atoms with E-state index in [2.05, 4.69) is 31.6 Å². The van der Waals surface area contributed by atoms with Gasteiger partial charge in [0.25, 0.3) is 0 Å². The highest BCUT2D eigenvalue weighted by Gasteiger charge is 2.33. The van der Waals surface area contributed by atoms with Gasteiger partial charge in [-0.3, -0.25) is 19.2 Å². The van der Waals surface area contributed by atoms with Gasteiger partial charge in [-0.25, -0.2) is 14.6 Å². The molecular formula is C40H55N7O8. The number of aromatic nitrogens is 2. The van der Waals surface area contributed by atoms with Crippen LogP contribution in [0.3, 0.4) is 0 Å². The van der Waals surface area contributed by atoms with Crippen molar-refractivity contribution in [1.29, 1.82) is 0 Å². The average molecular weight is 762 g/mol. The molecule has 0 spiro atoms. The Labute approximate surface area is 322 Å². The Balaban J connectivity index is 1.78. The molecule has 5 amide bonds. The van der Waals surface area contributed by atoms with Gasteiger partial charge in [0, 0.05) is 38.2 Å². The first-order chi connectivity index (χ1) is 25.9. The van der Waals surface area contributed by atoms with E-state index in [-0.39, 0.29) is 31.6 Å². The highest BCUT2D eigenvalue weighted by molar-refractivity contribution is 5.96. The Morgan fingerprint density at radius 2 is 1.16 bits per heavy atom. The van der Waals surface area contributed by atoms with Crippen LogP contribution in [-0.2, 0) is 59.8 Å². The average Bonchev–Trinajstić information content (AvgIpc) is 3.53. The Morgan fingerprint density at radius 1 is 0.673 bits per heavy atom. The normalized spacial score (nSPS) is 14.0. The molecule has 0 saturated carbocycles. The minimum absolute atomic E-state index is 0.0225. The molecule has 15 nitrogen and oxygen atoms in total. The van der Waals surface area contributed by atoms with E-state index in [1.54, 1.807) is 69.2 Å². The number of benzene rings is 2. The van der Waals surface area contributed by atoms with Gasteiger partial charge in [0.1, 0.15) is 35.8 Å². The third-order valence-electron chi connectivity index (χ3n) is 8.43. The topological polar surface area (TPSA) is 199 Å². The zero-order valence-electron chi connectivity index (χ0n) is 32.9. The second kappa shape index (κ2) is 20.7. The number of rotatable bonds is 18. The van der Waals surface area contributed by atoms with Crippen LogP contribution in [0.15, 0.2) is 73.2 Å². The number of ether oxygens (including phenoxy) is 2. The molecular weight excluding hydrogens is 706 g/mol. The number of amides is 5. The van der Waals surface area contributed by atoms with Crippen LogP contribution in [-0.4, -0.2) is 88.2 Å². The van der Waals surface area contributed by atoms with Gasteiger partial charge in [-0.1, -0.05) is 74.5 Å². The van der Waals surface area contributed by atoms with Crippen molar-refractivity contribution in [1.82, 2.24) is 36.1 Å². The number of aryl methyl sites for hydroxylation is 1. The SMILES string of the molecule is COC(=O)[C@H](Cc1ccccc1)NC(=O)[C@H](CC(C)C)NC(=O)[C@@H](C)NC(=O)[C@H](Cc1ccccc1)NC(=O)[C@H](Cc1cncn1C)NC(=O)OC(C)(C)C. The fourth-order valence-electron chi connectivity index (χ4n) is 5.62.